The van der Waals surface area contributed by atoms with Gasteiger partial charge in [0.1, 0.15) is 12.6 Å². The number of nitrogens with one attached hydrogen (secondary N) is 1. The number of hydrogen-bond acceptors (Lipinski definition) is 6. The molecule has 3 aromatic carbocycles. The predicted molar refractivity (Wildman–Crippen MR) is 142 cm³/mol. The Morgan fingerprint density at radius 1 is 0.946 bits per heavy atom. The van der Waals surface area contributed by atoms with Crippen molar-refractivity contribution in [3.05, 3.63) is 101 Å². The summed E-state index contributed by atoms with van der Waals surface area (Å²) in [6.07, 6.45) is 0.894. The van der Waals surface area contributed by atoms with E-state index >= 15 is 0 Å². The number of carbonyl (C=O) groups is 3. The van der Waals surface area contributed by atoms with Crippen molar-refractivity contribution in [1.29, 1.82) is 0 Å². The highest BCUT2D eigenvalue weighted by molar-refractivity contribution is 7.20. The number of thiazole rings is 1. The lowest BCUT2D eigenvalue weighted by Gasteiger charge is -2.28. The molecular weight excluding hydrogens is 486 g/mol. The molecule has 8 heteroatoms. The molecule has 7 nitrogen and oxygen atoms in total. The van der Waals surface area contributed by atoms with Crippen molar-refractivity contribution in [3.8, 4) is 0 Å². The van der Waals surface area contributed by atoms with Gasteiger partial charge in [-0.05, 0) is 36.1 Å². The lowest BCUT2D eigenvalue weighted by molar-refractivity contribution is -0.133. The first-order valence-corrected chi connectivity index (χ1v) is 13.1. The minimum atomic E-state index is -0.866. The van der Waals surface area contributed by atoms with E-state index in [4.69, 9.17) is 4.74 Å². The van der Waals surface area contributed by atoms with Crippen LogP contribution in [-0.4, -0.2) is 46.3 Å². The zero-order valence-electron chi connectivity index (χ0n) is 20.2. The molecule has 0 spiro atoms. The molecule has 2 atom stereocenters. The van der Waals surface area contributed by atoms with Gasteiger partial charge in [-0.15, -0.1) is 11.3 Å². The molecule has 0 aliphatic carbocycles. The Hall–Kier alpha value is -4.04. The second kappa shape index (κ2) is 11.3. The Labute approximate surface area is 219 Å². The molecule has 1 aliphatic heterocycles. The third-order valence-electron chi connectivity index (χ3n) is 6.43. The zero-order valence-corrected chi connectivity index (χ0v) is 21.0. The summed E-state index contributed by atoms with van der Waals surface area (Å²) in [5.74, 6) is -0.449. The van der Waals surface area contributed by atoms with Gasteiger partial charge in [0.15, 0.2) is 5.01 Å². The Balaban J connectivity index is 1.32. The maximum atomic E-state index is 13.8. The van der Waals surface area contributed by atoms with E-state index in [-0.39, 0.29) is 18.3 Å². The van der Waals surface area contributed by atoms with Crippen LogP contribution in [0, 0.1) is 0 Å². The number of aromatic nitrogens is 1. The van der Waals surface area contributed by atoms with E-state index < -0.39 is 18.2 Å². The predicted octanol–water partition coefficient (Wildman–Crippen LogP) is 5.01. The van der Waals surface area contributed by atoms with Crippen molar-refractivity contribution in [1.82, 2.24) is 15.2 Å². The number of Topliss-reactive ketones (excluding diaryl/α,β-unsaturated/α-hetero) is 1. The van der Waals surface area contributed by atoms with Gasteiger partial charge in [0.05, 0.1) is 16.3 Å². The summed E-state index contributed by atoms with van der Waals surface area (Å²) in [6, 6.07) is 25.0. The topological polar surface area (TPSA) is 88.6 Å². The van der Waals surface area contributed by atoms with E-state index in [1.807, 2.05) is 84.9 Å². The Morgan fingerprint density at radius 2 is 1.62 bits per heavy atom. The molecule has 0 radical (unpaired) electrons. The summed E-state index contributed by atoms with van der Waals surface area (Å²) in [4.78, 5) is 46.0. The molecule has 0 saturated carbocycles. The maximum absolute atomic E-state index is 13.8. The highest BCUT2D eigenvalue weighted by atomic mass is 32.1. The number of amides is 2. The van der Waals surface area contributed by atoms with Crippen molar-refractivity contribution >= 4 is 39.3 Å². The molecule has 37 heavy (non-hydrogen) atoms. The van der Waals surface area contributed by atoms with Crippen LogP contribution in [0.5, 0.6) is 0 Å². The summed E-state index contributed by atoms with van der Waals surface area (Å²) >= 11 is 1.34. The smallest absolute Gasteiger partial charge is 0.408 e. The number of likely N-dealkylation sites (tertiary alicyclic amines) is 1. The summed E-state index contributed by atoms with van der Waals surface area (Å²) < 4.78 is 6.33. The van der Waals surface area contributed by atoms with E-state index in [2.05, 4.69) is 10.3 Å². The van der Waals surface area contributed by atoms with Crippen LogP contribution in [0.3, 0.4) is 0 Å². The van der Waals surface area contributed by atoms with Crippen LogP contribution >= 0.6 is 11.3 Å². The number of rotatable bonds is 8. The highest BCUT2D eigenvalue weighted by Gasteiger charge is 2.39. The molecule has 0 bridgehead atoms. The average Bonchev–Trinajstić information content (AvgIpc) is 3.60. The van der Waals surface area contributed by atoms with Crippen molar-refractivity contribution in [2.45, 2.75) is 38.0 Å². The number of carbonyl (C=O) groups excluding carboxylic acids is 3. The summed E-state index contributed by atoms with van der Waals surface area (Å²) in [5, 5.41) is 3.16. The number of fused-ring (bicyclic) bond motifs is 1. The number of hydrogen-bond donors (Lipinski definition) is 1. The standard InChI is InChI=1S/C29H27N3O4S/c33-26(27-30-22-14-7-8-16-25(22)37-27)24-15-9-17-32(24)28(34)23(18-20-10-3-1-4-11-20)31-29(35)36-19-21-12-5-2-6-13-21/h1-8,10-14,16,23-24H,9,15,17-19H2,(H,31,35)/t23-,24+/m0/s1. The summed E-state index contributed by atoms with van der Waals surface area (Å²) in [5.41, 5.74) is 2.53. The second-order valence-electron chi connectivity index (χ2n) is 8.99. The van der Waals surface area contributed by atoms with Gasteiger partial charge in [0, 0.05) is 13.0 Å². The molecular formula is C29H27N3O4S. The molecule has 1 aromatic heterocycles. The molecule has 4 aromatic rings. The van der Waals surface area contributed by atoms with Gasteiger partial charge in [0.25, 0.3) is 0 Å². The van der Waals surface area contributed by atoms with Crippen LogP contribution in [0.15, 0.2) is 84.9 Å². The monoisotopic (exact) mass is 513 g/mol. The lowest BCUT2D eigenvalue weighted by atomic mass is 10.0. The van der Waals surface area contributed by atoms with Crippen molar-refractivity contribution in [2.24, 2.45) is 0 Å². The van der Waals surface area contributed by atoms with Crippen LogP contribution in [0.1, 0.15) is 33.8 Å². The van der Waals surface area contributed by atoms with Gasteiger partial charge in [-0.25, -0.2) is 9.78 Å². The molecule has 1 aliphatic rings. The minimum Gasteiger partial charge on any atom is -0.445 e. The first kappa shape index (κ1) is 24.6. The minimum absolute atomic E-state index is 0.0986. The maximum Gasteiger partial charge on any atom is 0.408 e. The number of alkyl carbamates (subject to hydrolysis) is 1. The second-order valence-corrected chi connectivity index (χ2v) is 10.0. The van der Waals surface area contributed by atoms with E-state index in [1.54, 1.807) is 4.90 Å². The fourth-order valence-corrected chi connectivity index (χ4v) is 5.53. The first-order chi connectivity index (χ1) is 18.1. The zero-order chi connectivity index (χ0) is 25.6. The Morgan fingerprint density at radius 3 is 2.35 bits per heavy atom. The van der Waals surface area contributed by atoms with Crippen LogP contribution in [-0.2, 0) is 22.6 Å². The number of nitrogens with zero attached hydrogens (tertiary/aromatic N) is 2. The number of benzene rings is 3. The van der Waals surface area contributed by atoms with E-state index in [1.165, 1.54) is 11.3 Å². The summed E-state index contributed by atoms with van der Waals surface area (Å²) in [7, 11) is 0. The van der Waals surface area contributed by atoms with Crippen molar-refractivity contribution in [3.63, 3.8) is 0 Å². The SMILES string of the molecule is O=C(N[C@@H](Cc1ccccc1)C(=O)N1CCC[C@@H]1C(=O)c1nc2ccccc2s1)OCc1ccccc1. The molecule has 2 amide bonds. The molecule has 1 N–H and O–H groups in total. The third kappa shape index (κ3) is 5.86. The molecule has 0 unspecified atom stereocenters. The van der Waals surface area contributed by atoms with Crippen LogP contribution < -0.4 is 5.32 Å². The molecule has 188 valence electrons. The quantitative estimate of drug-likeness (QED) is 0.335. The van der Waals surface area contributed by atoms with E-state index in [0.29, 0.717) is 30.8 Å². The molecule has 1 fully saturated rings. The first-order valence-electron chi connectivity index (χ1n) is 12.3. The van der Waals surface area contributed by atoms with Crippen LogP contribution in [0.4, 0.5) is 4.79 Å². The van der Waals surface area contributed by atoms with E-state index in [9.17, 15) is 14.4 Å². The number of ether oxygens (including phenoxy) is 1. The van der Waals surface area contributed by atoms with Gasteiger partial charge in [-0.3, -0.25) is 9.59 Å². The van der Waals surface area contributed by atoms with Gasteiger partial charge >= 0.3 is 6.09 Å². The normalized spacial score (nSPS) is 15.9. The van der Waals surface area contributed by atoms with Gasteiger partial charge in [-0.2, -0.15) is 0 Å². The molecule has 2 heterocycles. The van der Waals surface area contributed by atoms with Crippen LogP contribution in [0.2, 0.25) is 0 Å². The lowest BCUT2D eigenvalue weighted by Crippen LogP contribution is -2.52. The van der Waals surface area contributed by atoms with Gasteiger partial charge < -0.3 is 15.0 Å². The average molecular weight is 514 g/mol. The Kier molecular flexibility index (Phi) is 7.56. The molecule has 5 rings (SSSR count). The van der Waals surface area contributed by atoms with E-state index in [0.717, 1.165) is 21.3 Å². The molecule has 1 saturated heterocycles. The third-order valence-corrected chi connectivity index (χ3v) is 7.48. The fourth-order valence-electron chi connectivity index (χ4n) is 4.58. The van der Waals surface area contributed by atoms with Crippen molar-refractivity contribution < 1.29 is 19.1 Å². The highest BCUT2D eigenvalue weighted by Crippen LogP contribution is 2.27. The summed E-state index contributed by atoms with van der Waals surface area (Å²) in [6.45, 7) is 0.549. The van der Waals surface area contributed by atoms with Gasteiger partial charge in [-0.1, -0.05) is 72.8 Å². The largest absolute Gasteiger partial charge is 0.445 e. The van der Waals surface area contributed by atoms with Crippen molar-refractivity contribution in [2.75, 3.05) is 6.54 Å². The number of ketones is 1. The van der Waals surface area contributed by atoms with Crippen LogP contribution in [0.25, 0.3) is 10.2 Å². The number of para-hydroxylation sites is 1. The van der Waals surface area contributed by atoms with Gasteiger partial charge in [0.2, 0.25) is 11.7 Å². The Bertz CT molecular complexity index is 1360. The fraction of sp³-hybridized carbons (Fsp3) is 0.241.